The van der Waals surface area contributed by atoms with Gasteiger partial charge in [-0.25, -0.2) is 0 Å². The molecule has 0 radical (unpaired) electrons. The Balaban J connectivity index is 2.47. The quantitative estimate of drug-likeness (QED) is 0.540. The Bertz CT molecular complexity index is 236. The Morgan fingerprint density at radius 1 is 1.64 bits per heavy atom. The molecular formula is C8H11N3. The molecule has 1 aliphatic rings. The van der Waals surface area contributed by atoms with Crippen LogP contribution in [0.15, 0.2) is 39.1 Å². The summed E-state index contributed by atoms with van der Waals surface area (Å²) in [6, 6.07) is 0. The van der Waals surface area contributed by atoms with Crippen molar-refractivity contribution < 1.29 is 0 Å². The molecule has 0 saturated carbocycles. The summed E-state index contributed by atoms with van der Waals surface area (Å²) in [6.07, 6.45) is 7.35. The van der Waals surface area contributed by atoms with E-state index in [1.54, 1.807) is 6.21 Å². The van der Waals surface area contributed by atoms with E-state index in [1.165, 1.54) is 0 Å². The van der Waals surface area contributed by atoms with Gasteiger partial charge in [-0.15, -0.1) is 0 Å². The molecule has 0 fully saturated rings. The van der Waals surface area contributed by atoms with Crippen LogP contribution in [0, 0.1) is 0 Å². The van der Waals surface area contributed by atoms with Crippen LogP contribution in [0.5, 0.6) is 0 Å². The van der Waals surface area contributed by atoms with Crippen LogP contribution in [0.4, 0.5) is 0 Å². The lowest BCUT2D eigenvalue weighted by Gasteiger charge is -1.89. The minimum absolute atomic E-state index is 0.0915. The summed E-state index contributed by atoms with van der Waals surface area (Å²) < 4.78 is 0. The summed E-state index contributed by atoms with van der Waals surface area (Å²) in [4.78, 5) is 4.11. The number of azo groups is 1. The molecule has 1 aliphatic heterocycles. The topological polar surface area (TPSA) is 37.1 Å². The molecule has 0 spiro atoms. The minimum atomic E-state index is -0.0915. The third-order valence-electron chi connectivity index (χ3n) is 1.24. The second kappa shape index (κ2) is 3.81. The first-order valence-corrected chi connectivity index (χ1v) is 3.56. The average molecular weight is 149 g/mol. The van der Waals surface area contributed by atoms with Gasteiger partial charge in [-0.1, -0.05) is 6.08 Å². The SMILES string of the molecule is C/C=C\C=NC1C=C(C)N=N1. The molecule has 0 saturated heterocycles. The van der Waals surface area contributed by atoms with E-state index in [9.17, 15) is 0 Å². The number of rotatable bonds is 2. The molecule has 0 bridgehead atoms. The maximum atomic E-state index is 4.11. The highest BCUT2D eigenvalue weighted by Crippen LogP contribution is 2.11. The molecule has 0 aliphatic carbocycles. The predicted octanol–water partition coefficient (Wildman–Crippen LogP) is 2.33. The van der Waals surface area contributed by atoms with Crippen molar-refractivity contribution in [2.24, 2.45) is 15.2 Å². The molecule has 0 N–H and O–H groups in total. The fourth-order valence-corrected chi connectivity index (χ4v) is 0.729. The van der Waals surface area contributed by atoms with Crippen molar-refractivity contribution in [2.75, 3.05) is 0 Å². The zero-order valence-corrected chi connectivity index (χ0v) is 6.73. The molecule has 3 heteroatoms. The number of hydrogen-bond donors (Lipinski definition) is 0. The lowest BCUT2D eigenvalue weighted by molar-refractivity contribution is 0.856. The normalized spacial score (nSPS) is 23.8. The van der Waals surface area contributed by atoms with E-state index >= 15 is 0 Å². The predicted molar refractivity (Wildman–Crippen MR) is 45.7 cm³/mol. The van der Waals surface area contributed by atoms with Gasteiger partial charge in [0.1, 0.15) is 0 Å². The van der Waals surface area contributed by atoms with Crippen LogP contribution < -0.4 is 0 Å². The van der Waals surface area contributed by atoms with Crippen molar-refractivity contribution in [3.63, 3.8) is 0 Å². The molecule has 0 aromatic heterocycles. The fourth-order valence-electron chi connectivity index (χ4n) is 0.729. The zero-order valence-electron chi connectivity index (χ0n) is 6.73. The molecule has 1 rings (SSSR count). The number of hydrogen-bond acceptors (Lipinski definition) is 3. The Morgan fingerprint density at radius 3 is 3.00 bits per heavy atom. The Hall–Kier alpha value is -1.25. The van der Waals surface area contributed by atoms with Crippen LogP contribution >= 0.6 is 0 Å². The fraction of sp³-hybridized carbons (Fsp3) is 0.375. The van der Waals surface area contributed by atoms with Gasteiger partial charge in [0.2, 0.25) is 0 Å². The minimum Gasteiger partial charge on any atom is -0.260 e. The molecule has 1 atom stereocenters. The third kappa shape index (κ3) is 2.45. The molecule has 11 heavy (non-hydrogen) atoms. The summed E-state index contributed by atoms with van der Waals surface area (Å²) in [7, 11) is 0. The van der Waals surface area contributed by atoms with E-state index in [0.29, 0.717) is 0 Å². The summed E-state index contributed by atoms with van der Waals surface area (Å²) in [6.45, 7) is 3.86. The van der Waals surface area contributed by atoms with E-state index in [2.05, 4.69) is 15.2 Å². The van der Waals surface area contributed by atoms with Crippen molar-refractivity contribution in [1.29, 1.82) is 0 Å². The largest absolute Gasteiger partial charge is 0.260 e. The first-order chi connectivity index (χ1) is 5.33. The van der Waals surface area contributed by atoms with Crippen LogP contribution in [0.2, 0.25) is 0 Å². The van der Waals surface area contributed by atoms with Gasteiger partial charge in [0, 0.05) is 6.21 Å². The zero-order chi connectivity index (χ0) is 8.10. The number of nitrogens with zero attached hydrogens (tertiary/aromatic N) is 3. The Kier molecular flexibility index (Phi) is 2.72. The van der Waals surface area contributed by atoms with Crippen LogP contribution in [-0.4, -0.2) is 12.4 Å². The maximum Gasteiger partial charge on any atom is 0.181 e. The van der Waals surface area contributed by atoms with Gasteiger partial charge in [-0.2, -0.15) is 10.2 Å². The number of allylic oxidation sites excluding steroid dienone is 3. The molecular weight excluding hydrogens is 138 g/mol. The monoisotopic (exact) mass is 149 g/mol. The van der Waals surface area contributed by atoms with Crippen molar-refractivity contribution in [1.82, 2.24) is 0 Å². The summed E-state index contributed by atoms with van der Waals surface area (Å²) in [5.41, 5.74) is 0.938. The van der Waals surface area contributed by atoms with Crippen molar-refractivity contribution in [2.45, 2.75) is 20.0 Å². The van der Waals surface area contributed by atoms with Gasteiger partial charge >= 0.3 is 0 Å². The lowest BCUT2D eigenvalue weighted by Crippen LogP contribution is -1.89. The van der Waals surface area contributed by atoms with Gasteiger partial charge in [0.25, 0.3) is 0 Å². The standard InChI is InChI=1S/C8H11N3/c1-3-4-5-9-8-6-7(2)10-11-8/h3-6,8H,1-2H3/b4-3-,9-5?. The third-order valence-corrected chi connectivity index (χ3v) is 1.24. The highest BCUT2D eigenvalue weighted by atomic mass is 15.2. The van der Waals surface area contributed by atoms with Crippen LogP contribution in [0.1, 0.15) is 13.8 Å². The van der Waals surface area contributed by atoms with E-state index in [0.717, 1.165) is 5.70 Å². The van der Waals surface area contributed by atoms with E-state index in [-0.39, 0.29) is 6.17 Å². The lowest BCUT2D eigenvalue weighted by atomic mass is 10.4. The van der Waals surface area contributed by atoms with Gasteiger partial charge < -0.3 is 0 Å². The highest BCUT2D eigenvalue weighted by molar-refractivity contribution is 5.71. The second-order valence-electron chi connectivity index (χ2n) is 2.26. The van der Waals surface area contributed by atoms with E-state index in [1.807, 2.05) is 32.1 Å². The first-order valence-electron chi connectivity index (χ1n) is 3.56. The molecule has 0 amide bonds. The van der Waals surface area contributed by atoms with Crippen molar-refractivity contribution >= 4 is 6.21 Å². The van der Waals surface area contributed by atoms with Crippen LogP contribution in [-0.2, 0) is 0 Å². The van der Waals surface area contributed by atoms with Crippen molar-refractivity contribution in [3.05, 3.63) is 23.9 Å². The van der Waals surface area contributed by atoms with Crippen molar-refractivity contribution in [3.8, 4) is 0 Å². The van der Waals surface area contributed by atoms with Gasteiger partial charge in [-0.3, -0.25) is 4.99 Å². The van der Waals surface area contributed by atoms with Crippen LogP contribution in [0.3, 0.4) is 0 Å². The van der Waals surface area contributed by atoms with Gasteiger partial charge in [0.05, 0.1) is 5.70 Å². The molecule has 3 nitrogen and oxygen atoms in total. The first kappa shape index (κ1) is 7.85. The van der Waals surface area contributed by atoms with E-state index in [4.69, 9.17) is 0 Å². The summed E-state index contributed by atoms with van der Waals surface area (Å²) >= 11 is 0. The Labute approximate surface area is 66.3 Å². The number of aliphatic imine (C=N–C) groups is 1. The second-order valence-corrected chi connectivity index (χ2v) is 2.26. The van der Waals surface area contributed by atoms with Gasteiger partial charge in [0.15, 0.2) is 6.17 Å². The molecule has 0 aromatic rings. The van der Waals surface area contributed by atoms with Gasteiger partial charge in [-0.05, 0) is 26.0 Å². The molecule has 1 unspecified atom stereocenters. The van der Waals surface area contributed by atoms with Crippen LogP contribution in [0.25, 0.3) is 0 Å². The summed E-state index contributed by atoms with van der Waals surface area (Å²) in [5, 5.41) is 7.73. The maximum absolute atomic E-state index is 4.11. The molecule has 0 aromatic carbocycles. The molecule has 1 heterocycles. The summed E-state index contributed by atoms with van der Waals surface area (Å²) in [5.74, 6) is 0. The Morgan fingerprint density at radius 2 is 2.45 bits per heavy atom. The average Bonchev–Trinajstić information content (AvgIpc) is 2.37. The highest BCUT2D eigenvalue weighted by Gasteiger charge is 2.04. The van der Waals surface area contributed by atoms with E-state index < -0.39 is 0 Å². The smallest absolute Gasteiger partial charge is 0.181 e. The molecule has 58 valence electrons.